The Bertz CT molecular complexity index is 846. The molecule has 2 unspecified atom stereocenters. The van der Waals surface area contributed by atoms with Gasteiger partial charge in [0.15, 0.2) is 11.8 Å². The van der Waals surface area contributed by atoms with E-state index in [2.05, 4.69) is 76.2 Å². The minimum atomic E-state index is 0. The molecule has 4 rings (SSSR count). The molecule has 0 saturated carbocycles. The average Bonchev–Trinajstić information content (AvgIpc) is 3.17. The van der Waals surface area contributed by atoms with Crippen LogP contribution in [-0.2, 0) is 29.9 Å². The molecule has 0 amide bonds. The Morgan fingerprint density at radius 3 is 1.50 bits per heavy atom. The molecule has 0 bridgehead atoms. The molecule has 0 aliphatic carbocycles. The summed E-state index contributed by atoms with van der Waals surface area (Å²) in [6.07, 6.45) is 0.557. The number of ether oxygens (including phenoxy) is 2. The predicted molar refractivity (Wildman–Crippen MR) is 108 cm³/mol. The molecule has 4 nitrogen and oxygen atoms in total. The molecular formula is C23H26Cl2N2O2Pd. The summed E-state index contributed by atoms with van der Waals surface area (Å²) in [5, 5.41) is 0. The van der Waals surface area contributed by atoms with E-state index in [1.165, 1.54) is 22.3 Å². The Balaban J connectivity index is 0.00000150. The van der Waals surface area contributed by atoms with E-state index in [9.17, 15) is 0 Å². The van der Waals surface area contributed by atoms with Crippen LogP contribution in [0.1, 0.15) is 54.6 Å². The minimum Gasteiger partial charge on any atom is -1.00 e. The van der Waals surface area contributed by atoms with Gasteiger partial charge in [0.1, 0.15) is 24.3 Å². The first-order valence-corrected chi connectivity index (χ1v) is 9.59. The monoisotopic (exact) mass is 538 g/mol. The van der Waals surface area contributed by atoms with Crippen LogP contribution in [0.2, 0.25) is 0 Å². The molecule has 2 aromatic carbocycles. The van der Waals surface area contributed by atoms with Gasteiger partial charge in [0, 0.05) is 0 Å². The molecule has 0 aromatic heterocycles. The second kappa shape index (κ2) is 11.3. The van der Waals surface area contributed by atoms with Gasteiger partial charge < -0.3 is 34.3 Å². The number of rotatable bonds is 4. The van der Waals surface area contributed by atoms with Crippen LogP contribution < -0.4 is 24.8 Å². The van der Waals surface area contributed by atoms with Gasteiger partial charge in [-0.2, -0.15) is 0 Å². The van der Waals surface area contributed by atoms with Crippen molar-refractivity contribution in [3.8, 4) is 0 Å². The summed E-state index contributed by atoms with van der Waals surface area (Å²) in [7, 11) is 0. The summed E-state index contributed by atoms with van der Waals surface area (Å²) < 4.78 is 12.0. The van der Waals surface area contributed by atoms with Crippen molar-refractivity contribution < 1.29 is 54.7 Å². The molecule has 0 N–H and O–H groups in total. The van der Waals surface area contributed by atoms with Crippen molar-refractivity contribution in [1.82, 2.24) is 0 Å². The zero-order valence-corrected chi connectivity index (χ0v) is 20.5. The van der Waals surface area contributed by atoms with Gasteiger partial charge in [-0.1, -0.05) is 59.7 Å². The van der Waals surface area contributed by atoms with Crippen LogP contribution in [0.3, 0.4) is 0 Å². The van der Waals surface area contributed by atoms with Crippen LogP contribution in [0.25, 0.3) is 0 Å². The number of aliphatic imine (C=N–C) groups is 2. The molecule has 0 saturated heterocycles. The van der Waals surface area contributed by atoms with E-state index < -0.39 is 0 Å². The van der Waals surface area contributed by atoms with E-state index in [1.54, 1.807) is 0 Å². The predicted octanol–water partition coefficient (Wildman–Crippen LogP) is -0.884. The SMILES string of the molecule is Cc1cccc([C@H]2N=C(CC3=N[C@H](c4cccc(C)c4)C(C)O3)OC2C)c1.[Cl-].[Cl-].[Pd+2]. The van der Waals surface area contributed by atoms with Gasteiger partial charge in [0.2, 0.25) is 0 Å². The Labute approximate surface area is 205 Å². The normalized spacial score (nSPS) is 24.3. The van der Waals surface area contributed by atoms with Gasteiger partial charge >= 0.3 is 20.4 Å². The Hall–Kier alpha value is -1.38. The van der Waals surface area contributed by atoms with Gasteiger partial charge in [-0.05, 0) is 38.8 Å². The molecule has 2 aliphatic rings. The van der Waals surface area contributed by atoms with Crippen LogP contribution in [-0.4, -0.2) is 24.0 Å². The molecule has 164 valence electrons. The first-order chi connectivity index (χ1) is 13.0. The molecule has 30 heavy (non-hydrogen) atoms. The Morgan fingerprint density at radius 2 is 1.13 bits per heavy atom. The maximum absolute atomic E-state index is 6.01. The van der Waals surface area contributed by atoms with Crippen LogP contribution in [0.5, 0.6) is 0 Å². The minimum absolute atomic E-state index is 0. The summed E-state index contributed by atoms with van der Waals surface area (Å²) in [6.45, 7) is 8.34. The fourth-order valence-corrected chi connectivity index (χ4v) is 3.84. The average molecular weight is 540 g/mol. The molecule has 7 heteroatoms. The van der Waals surface area contributed by atoms with E-state index >= 15 is 0 Å². The fourth-order valence-electron chi connectivity index (χ4n) is 3.84. The largest absolute Gasteiger partial charge is 2.00 e. The summed E-state index contributed by atoms with van der Waals surface area (Å²) in [5.74, 6) is 1.43. The van der Waals surface area contributed by atoms with E-state index in [-0.39, 0.29) is 69.5 Å². The third kappa shape index (κ3) is 5.86. The molecule has 2 heterocycles. The first kappa shape index (κ1) is 26.7. The first-order valence-electron chi connectivity index (χ1n) is 9.59. The summed E-state index contributed by atoms with van der Waals surface area (Å²) >= 11 is 0. The third-order valence-corrected chi connectivity index (χ3v) is 5.17. The van der Waals surface area contributed by atoms with Gasteiger partial charge in [-0.15, -0.1) is 0 Å². The zero-order valence-electron chi connectivity index (χ0n) is 17.4. The van der Waals surface area contributed by atoms with Crippen molar-refractivity contribution in [1.29, 1.82) is 0 Å². The second-order valence-electron chi connectivity index (χ2n) is 7.59. The Morgan fingerprint density at radius 1 is 0.733 bits per heavy atom. The van der Waals surface area contributed by atoms with Gasteiger partial charge in [0.05, 0.1) is 6.42 Å². The van der Waals surface area contributed by atoms with Crippen molar-refractivity contribution in [2.75, 3.05) is 0 Å². The van der Waals surface area contributed by atoms with Crippen LogP contribution in [0, 0.1) is 13.8 Å². The topological polar surface area (TPSA) is 43.2 Å². The molecule has 0 fully saturated rings. The fraction of sp³-hybridized carbons (Fsp3) is 0.391. The van der Waals surface area contributed by atoms with Crippen LogP contribution >= 0.6 is 0 Å². The van der Waals surface area contributed by atoms with Gasteiger partial charge in [0.25, 0.3) is 0 Å². The van der Waals surface area contributed by atoms with Gasteiger partial charge in [-0.25, -0.2) is 9.98 Å². The smallest absolute Gasteiger partial charge is 1.00 e. The van der Waals surface area contributed by atoms with Gasteiger partial charge in [-0.3, -0.25) is 0 Å². The quantitative estimate of drug-likeness (QED) is 0.474. The molecule has 2 aliphatic heterocycles. The summed E-state index contributed by atoms with van der Waals surface area (Å²) in [6, 6.07) is 17.0. The number of hydrogen-bond acceptors (Lipinski definition) is 4. The molecular weight excluding hydrogens is 514 g/mol. The molecule has 4 atom stereocenters. The maximum atomic E-state index is 6.01. The molecule has 2 aromatic rings. The summed E-state index contributed by atoms with van der Waals surface area (Å²) in [4.78, 5) is 9.63. The van der Waals surface area contributed by atoms with E-state index in [0.29, 0.717) is 18.2 Å². The van der Waals surface area contributed by atoms with Crippen molar-refractivity contribution in [3.63, 3.8) is 0 Å². The van der Waals surface area contributed by atoms with Crippen LogP contribution in [0.4, 0.5) is 0 Å². The number of hydrogen-bond donors (Lipinski definition) is 0. The van der Waals surface area contributed by atoms with Crippen molar-refractivity contribution in [2.45, 2.75) is 58.4 Å². The number of nitrogens with zero attached hydrogens (tertiary/aromatic N) is 2. The number of halogens is 2. The van der Waals surface area contributed by atoms with Crippen molar-refractivity contribution >= 4 is 11.8 Å². The third-order valence-electron chi connectivity index (χ3n) is 5.17. The van der Waals surface area contributed by atoms with Crippen molar-refractivity contribution in [3.05, 3.63) is 70.8 Å². The van der Waals surface area contributed by atoms with E-state index in [4.69, 9.17) is 19.5 Å². The number of aryl methyl sites for hydroxylation is 2. The van der Waals surface area contributed by atoms with E-state index in [0.717, 1.165) is 0 Å². The standard InChI is InChI=1S/C23H26N2O2.2ClH.Pd/c1-14-7-5-9-18(11-14)22-16(3)26-20(24-22)13-21-25-23(17(4)27-21)19-10-6-8-15(2)12-19;;;/h5-12,16-17,22-23H,13H2,1-4H3;2*1H;/q;;;+2/p-2/t16?,17?,22-,23-;;;/m0.../s1. The summed E-state index contributed by atoms with van der Waals surface area (Å²) in [5.41, 5.74) is 4.86. The second-order valence-corrected chi connectivity index (χ2v) is 7.59. The molecule has 0 spiro atoms. The molecule has 0 radical (unpaired) electrons. The van der Waals surface area contributed by atoms with Crippen molar-refractivity contribution in [2.24, 2.45) is 9.98 Å². The maximum Gasteiger partial charge on any atom is 2.00 e. The zero-order chi connectivity index (χ0) is 19.0. The van der Waals surface area contributed by atoms with E-state index in [1.807, 2.05) is 0 Å². The Kier molecular flexibility index (Phi) is 10.0. The van der Waals surface area contributed by atoms with Crippen LogP contribution in [0.15, 0.2) is 58.5 Å². The number of benzene rings is 2.